The summed E-state index contributed by atoms with van der Waals surface area (Å²) in [5, 5.41) is 0.462. The molecule has 1 aromatic carbocycles. The second-order valence-electron chi connectivity index (χ2n) is 4.61. The number of aryl methyl sites for hydroxylation is 2. The second-order valence-corrected chi connectivity index (χ2v) is 6.73. The Morgan fingerprint density at radius 2 is 1.82 bits per heavy atom. The molecule has 0 unspecified atom stereocenters. The van der Waals surface area contributed by atoms with Gasteiger partial charge in [0.15, 0.2) is 0 Å². The maximum Gasteiger partial charge on any atom is 0.213 e. The van der Waals surface area contributed by atoms with Crippen molar-refractivity contribution in [1.82, 2.24) is 4.98 Å². The normalized spacial score (nSPS) is 12.7. The smallest absolute Gasteiger partial charge is 0.213 e. The van der Waals surface area contributed by atoms with E-state index in [1.54, 1.807) is 12.3 Å². The molecule has 1 aliphatic carbocycles. The van der Waals surface area contributed by atoms with Crippen molar-refractivity contribution in [3.05, 3.63) is 54.7 Å². The Bertz CT molecular complexity index is 747. The second kappa shape index (κ2) is 7.11. The summed E-state index contributed by atoms with van der Waals surface area (Å²) in [6, 6.07) is 3.71. The van der Waals surface area contributed by atoms with E-state index in [0.29, 0.717) is 26.4 Å². The van der Waals surface area contributed by atoms with Gasteiger partial charge < -0.3 is 5.73 Å². The molecule has 0 fully saturated rings. The van der Waals surface area contributed by atoms with Crippen LogP contribution in [0.2, 0.25) is 5.02 Å². The van der Waals surface area contributed by atoms with E-state index in [-0.39, 0.29) is 5.78 Å². The maximum absolute atomic E-state index is 12.7. The van der Waals surface area contributed by atoms with E-state index >= 15 is 0 Å². The van der Waals surface area contributed by atoms with Crippen LogP contribution in [0.25, 0.3) is 0 Å². The third-order valence-corrected chi connectivity index (χ3v) is 4.94. The lowest BCUT2D eigenvalue weighted by atomic mass is 10.0. The summed E-state index contributed by atoms with van der Waals surface area (Å²) in [5.74, 6) is -0.116. The molecule has 2 N–H and O–H groups in total. The number of aromatic nitrogens is 1. The molecule has 0 amide bonds. The molecule has 3 nitrogen and oxygen atoms in total. The number of nitrogen functional groups attached to an aromatic ring is 1. The van der Waals surface area contributed by atoms with Crippen molar-refractivity contribution in [3.8, 4) is 0 Å². The molecule has 1 aromatic heterocycles. The lowest BCUT2D eigenvalue weighted by Crippen LogP contribution is -2.09. The standard InChI is InChI=1S/C14H9Br2ClN2O.C2H6/c15-8-3-7-2-1-6-4-9(17)12(18)11(16)10(6)14(20)13(7)19-5-8;1-2/h3-5H,1-2,18H2;1-2H3. The van der Waals surface area contributed by atoms with Crippen molar-refractivity contribution in [1.29, 1.82) is 0 Å². The van der Waals surface area contributed by atoms with Gasteiger partial charge in [-0.1, -0.05) is 25.4 Å². The van der Waals surface area contributed by atoms with E-state index < -0.39 is 0 Å². The van der Waals surface area contributed by atoms with Gasteiger partial charge in [-0.2, -0.15) is 0 Å². The summed E-state index contributed by atoms with van der Waals surface area (Å²) in [6.45, 7) is 4.00. The number of pyridine rings is 1. The predicted octanol–water partition coefficient (Wildman–Crippen LogP) is 5.20. The van der Waals surface area contributed by atoms with E-state index in [1.165, 1.54) is 0 Å². The largest absolute Gasteiger partial charge is 0.397 e. The first-order valence-electron chi connectivity index (χ1n) is 6.94. The predicted molar refractivity (Wildman–Crippen MR) is 97.7 cm³/mol. The van der Waals surface area contributed by atoms with Crippen molar-refractivity contribution >= 4 is 54.9 Å². The third kappa shape index (κ3) is 3.07. The fourth-order valence-corrected chi connectivity index (χ4v) is 3.76. The number of fused-ring (bicyclic) bond motifs is 2. The van der Waals surface area contributed by atoms with Gasteiger partial charge in [0.25, 0.3) is 0 Å². The van der Waals surface area contributed by atoms with Crippen molar-refractivity contribution < 1.29 is 4.79 Å². The number of hydrogen-bond acceptors (Lipinski definition) is 3. The van der Waals surface area contributed by atoms with Crippen LogP contribution in [0.4, 0.5) is 5.69 Å². The van der Waals surface area contributed by atoms with Gasteiger partial charge in [0.2, 0.25) is 5.78 Å². The molecule has 22 heavy (non-hydrogen) atoms. The highest BCUT2D eigenvalue weighted by atomic mass is 79.9. The summed E-state index contributed by atoms with van der Waals surface area (Å²) in [5.41, 5.74) is 9.17. The molecule has 0 bridgehead atoms. The van der Waals surface area contributed by atoms with Crippen LogP contribution < -0.4 is 5.73 Å². The van der Waals surface area contributed by atoms with Gasteiger partial charge in [-0.15, -0.1) is 0 Å². The first-order chi connectivity index (χ1) is 10.5. The topological polar surface area (TPSA) is 56.0 Å². The number of nitrogens with zero attached hydrogens (tertiary/aromatic N) is 1. The van der Waals surface area contributed by atoms with Gasteiger partial charge in [0.1, 0.15) is 5.69 Å². The number of ketones is 1. The summed E-state index contributed by atoms with van der Waals surface area (Å²) in [7, 11) is 0. The van der Waals surface area contributed by atoms with Gasteiger partial charge in [-0.05, 0) is 68.0 Å². The number of carbonyl (C=O) groups is 1. The molecule has 116 valence electrons. The molecule has 1 aliphatic rings. The van der Waals surface area contributed by atoms with Gasteiger partial charge in [-0.25, -0.2) is 0 Å². The fourth-order valence-electron chi connectivity index (χ4n) is 2.39. The first kappa shape index (κ1) is 17.4. The van der Waals surface area contributed by atoms with E-state index in [1.807, 2.05) is 19.9 Å². The molecule has 0 saturated heterocycles. The zero-order valence-electron chi connectivity index (χ0n) is 12.2. The molecule has 3 rings (SSSR count). The van der Waals surface area contributed by atoms with Crippen LogP contribution in [0, 0.1) is 0 Å². The van der Waals surface area contributed by atoms with E-state index in [9.17, 15) is 4.79 Å². The Morgan fingerprint density at radius 1 is 1.18 bits per heavy atom. The van der Waals surface area contributed by atoms with Crippen LogP contribution in [0.15, 0.2) is 27.3 Å². The average molecular weight is 447 g/mol. The van der Waals surface area contributed by atoms with Gasteiger partial charge in [0, 0.05) is 16.2 Å². The van der Waals surface area contributed by atoms with Gasteiger partial charge in [0.05, 0.1) is 15.2 Å². The third-order valence-electron chi connectivity index (χ3n) is 3.37. The Morgan fingerprint density at radius 3 is 2.50 bits per heavy atom. The molecular formula is C16H15Br2ClN2O. The summed E-state index contributed by atoms with van der Waals surface area (Å²) in [4.78, 5) is 17.0. The van der Waals surface area contributed by atoms with Crippen molar-refractivity contribution in [2.45, 2.75) is 26.7 Å². The number of hydrogen-bond donors (Lipinski definition) is 1. The van der Waals surface area contributed by atoms with Crippen molar-refractivity contribution in [3.63, 3.8) is 0 Å². The maximum atomic E-state index is 12.7. The quantitative estimate of drug-likeness (QED) is 0.566. The molecule has 0 aliphatic heterocycles. The number of halogens is 3. The highest BCUT2D eigenvalue weighted by Crippen LogP contribution is 2.37. The van der Waals surface area contributed by atoms with Crippen LogP contribution in [-0.2, 0) is 12.8 Å². The van der Waals surface area contributed by atoms with E-state index in [4.69, 9.17) is 17.3 Å². The molecule has 2 aromatic rings. The summed E-state index contributed by atoms with van der Waals surface area (Å²) in [6.07, 6.45) is 3.10. The van der Waals surface area contributed by atoms with Crippen LogP contribution in [0.3, 0.4) is 0 Å². The Labute approximate surface area is 151 Å². The van der Waals surface area contributed by atoms with E-state index in [0.717, 1.165) is 28.4 Å². The highest BCUT2D eigenvalue weighted by molar-refractivity contribution is 9.11. The molecule has 0 radical (unpaired) electrons. The number of rotatable bonds is 0. The van der Waals surface area contributed by atoms with Crippen molar-refractivity contribution in [2.75, 3.05) is 5.73 Å². The van der Waals surface area contributed by atoms with Gasteiger partial charge in [-0.3, -0.25) is 9.78 Å². The average Bonchev–Trinajstić information content (AvgIpc) is 2.64. The lowest BCUT2D eigenvalue weighted by Gasteiger charge is -2.11. The summed E-state index contributed by atoms with van der Waals surface area (Å²) < 4.78 is 1.43. The van der Waals surface area contributed by atoms with E-state index in [2.05, 4.69) is 36.8 Å². The molecule has 0 atom stereocenters. The zero-order chi connectivity index (χ0) is 16.4. The molecule has 0 saturated carbocycles. The lowest BCUT2D eigenvalue weighted by molar-refractivity contribution is 0.103. The zero-order valence-corrected chi connectivity index (χ0v) is 16.1. The van der Waals surface area contributed by atoms with Crippen molar-refractivity contribution in [2.24, 2.45) is 0 Å². The number of benzene rings is 1. The molecular weight excluding hydrogens is 431 g/mol. The number of nitrogens with two attached hydrogens (primary N) is 1. The molecule has 0 spiro atoms. The Balaban J connectivity index is 0.000000847. The first-order valence-corrected chi connectivity index (χ1v) is 8.91. The van der Waals surface area contributed by atoms with Crippen LogP contribution in [0.1, 0.15) is 41.0 Å². The Kier molecular flexibility index (Phi) is 5.64. The van der Waals surface area contributed by atoms with Crippen LogP contribution in [0.5, 0.6) is 0 Å². The summed E-state index contributed by atoms with van der Waals surface area (Å²) >= 11 is 12.9. The van der Waals surface area contributed by atoms with Crippen LogP contribution in [-0.4, -0.2) is 10.8 Å². The van der Waals surface area contributed by atoms with Crippen LogP contribution >= 0.6 is 43.5 Å². The minimum Gasteiger partial charge on any atom is -0.397 e. The SMILES string of the molecule is CC.Nc1c(Cl)cc2c(c1Br)C(=O)c1ncc(Br)cc1CC2. The molecule has 1 heterocycles. The molecule has 6 heteroatoms. The monoisotopic (exact) mass is 444 g/mol. The number of anilines is 1. The Hall–Kier alpha value is -0.910. The highest BCUT2D eigenvalue weighted by Gasteiger charge is 2.26. The van der Waals surface area contributed by atoms with Gasteiger partial charge >= 0.3 is 0 Å². The minimum absolute atomic E-state index is 0.116. The fraction of sp³-hybridized carbons (Fsp3) is 0.250. The minimum atomic E-state index is -0.116. The number of carbonyl (C=O) groups excluding carboxylic acids is 1.